The van der Waals surface area contributed by atoms with Gasteiger partial charge in [-0.1, -0.05) is 17.7 Å². The summed E-state index contributed by atoms with van der Waals surface area (Å²) in [7, 11) is 0. The molecular weight excluding hydrogens is 174 g/mol. The minimum Gasteiger partial charge on any atom is -0.382 e. The number of hydrogen-bond donors (Lipinski definition) is 1. The fourth-order valence-corrected chi connectivity index (χ4v) is 1.24. The van der Waals surface area contributed by atoms with Crippen LogP contribution in [0.25, 0.3) is 11.0 Å². The molecule has 0 aliphatic rings. The van der Waals surface area contributed by atoms with Crippen LogP contribution in [0.1, 0.15) is 0 Å². The maximum atomic E-state index is 5.87. The van der Waals surface area contributed by atoms with Crippen molar-refractivity contribution < 1.29 is 0 Å². The summed E-state index contributed by atoms with van der Waals surface area (Å²) in [5, 5.41) is 0.597. The zero-order valence-electron chi connectivity index (χ0n) is 6.16. The second-order valence-electron chi connectivity index (χ2n) is 2.40. The number of nitrogen functional groups attached to an aromatic ring is 1. The van der Waals surface area contributed by atoms with Gasteiger partial charge in [0.15, 0.2) is 0 Å². The number of nitrogens with two attached hydrogens (primary N) is 1. The summed E-state index contributed by atoms with van der Waals surface area (Å²) >= 11 is 5.87. The molecule has 0 aliphatic heterocycles. The molecule has 60 valence electrons. The molecule has 1 heterocycles. The first-order valence-corrected chi connectivity index (χ1v) is 3.82. The van der Waals surface area contributed by atoms with E-state index in [0.717, 1.165) is 5.52 Å². The lowest BCUT2D eigenvalue weighted by molar-refractivity contribution is 1.30. The largest absolute Gasteiger partial charge is 0.382 e. The first kappa shape index (κ1) is 7.31. The van der Waals surface area contributed by atoms with Crippen molar-refractivity contribution in [3.05, 3.63) is 29.4 Å². The van der Waals surface area contributed by atoms with Crippen molar-refractivity contribution >= 4 is 28.5 Å². The fraction of sp³-hybridized carbons (Fsp3) is 0. The van der Waals surface area contributed by atoms with E-state index in [-0.39, 0.29) is 0 Å². The summed E-state index contributed by atoms with van der Waals surface area (Å²) in [5.74, 6) is 0.407. The third kappa shape index (κ3) is 1.08. The van der Waals surface area contributed by atoms with E-state index in [0.29, 0.717) is 16.4 Å². The number of aromatic nitrogens is 2. The maximum absolute atomic E-state index is 5.87. The second kappa shape index (κ2) is 2.60. The van der Waals surface area contributed by atoms with E-state index in [2.05, 4.69) is 9.97 Å². The van der Waals surface area contributed by atoms with Crippen LogP contribution in [-0.4, -0.2) is 9.97 Å². The van der Waals surface area contributed by atoms with Crippen LogP contribution in [0.4, 0.5) is 5.82 Å². The van der Waals surface area contributed by atoms with Gasteiger partial charge in [0.1, 0.15) is 11.3 Å². The Labute approximate surface area is 74.2 Å². The molecule has 2 aromatic rings. The molecule has 3 nitrogen and oxygen atoms in total. The van der Waals surface area contributed by atoms with E-state index in [9.17, 15) is 0 Å². The van der Waals surface area contributed by atoms with Crippen LogP contribution >= 0.6 is 11.6 Å². The lowest BCUT2D eigenvalue weighted by Gasteiger charge is -1.98. The van der Waals surface area contributed by atoms with Crippen LogP contribution in [0.3, 0.4) is 0 Å². The van der Waals surface area contributed by atoms with Crippen molar-refractivity contribution in [2.24, 2.45) is 0 Å². The summed E-state index contributed by atoms with van der Waals surface area (Å²) in [6.07, 6.45) is 1.49. The first-order valence-electron chi connectivity index (χ1n) is 3.44. The third-order valence-corrected chi connectivity index (χ3v) is 1.85. The topological polar surface area (TPSA) is 51.8 Å². The van der Waals surface area contributed by atoms with E-state index >= 15 is 0 Å². The molecule has 1 aromatic carbocycles. The molecule has 12 heavy (non-hydrogen) atoms. The van der Waals surface area contributed by atoms with Gasteiger partial charge in [0.05, 0.1) is 16.7 Å². The Morgan fingerprint density at radius 1 is 1.33 bits per heavy atom. The van der Waals surface area contributed by atoms with Crippen LogP contribution in [0.2, 0.25) is 5.02 Å². The molecule has 0 saturated heterocycles. The number of hydrogen-bond acceptors (Lipinski definition) is 3. The van der Waals surface area contributed by atoms with Gasteiger partial charge in [0.2, 0.25) is 0 Å². The highest BCUT2D eigenvalue weighted by atomic mass is 35.5. The first-order chi connectivity index (χ1) is 5.77. The Bertz CT molecular complexity index is 428. The number of para-hydroxylation sites is 1. The monoisotopic (exact) mass is 179 g/mol. The van der Waals surface area contributed by atoms with Gasteiger partial charge in [-0.15, -0.1) is 0 Å². The Hall–Kier alpha value is -1.35. The molecular formula is C8H6ClN3. The van der Waals surface area contributed by atoms with Crippen molar-refractivity contribution in [3.8, 4) is 0 Å². The number of fused-ring (bicyclic) bond motifs is 1. The Balaban J connectivity index is 2.86. The molecule has 0 amide bonds. The van der Waals surface area contributed by atoms with Gasteiger partial charge in [-0.2, -0.15) is 0 Å². The average molecular weight is 180 g/mol. The van der Waals surface area contributed by atoms with Crippen molar-refractivity contribution in [2.75, 3.05) is 5.73 Å². The molecule has 0 spiro atoms. The van der Waals surface area contributed by atoms with Crippen LogP contribution in [0, 0.1) is 0 Å². The van der Waals surface area contributed by atoms with Crippen LogP contribution in [0.5, 0.6) is 0 Å². The highest BCUT2D eigenvalue weighted by Gasteiger charge is 1.99. The van der Waals surface area contributed by atoms with E-state index in [1.165, 1.54) is 6.20 Å². The molecule has 0 radical (unpaired) electrons. The number of nitrogens with zero attached hydrogens (tertiary/aromatic N) is 2. The second-order valence-corrected chi connectivity index (χ2v) is 2.81. The molecule has 0 saturated carbocycles. The quantitative estimate of drug-likeness (QED) is 0.672. The van der Waals surface area contributed by atoms with Gasteiger partial charge >= 0.3 is 0 Å². The van der Waals surface area contributed by atoms with Crippen LogP contribution < -0.4 is 5.73 Å². The summed E-state index contributed by atoms with van der Waals surface area (Å²) < 4.78 is 0. The van der Waals surface area contributed by atoms with Gasteiger partial charge in [0.25, 0.3) is 0 Å². The Morgan fingerprint density at radius 2 is 2.17 bits per heavy atom. The number of rotatable bonds is 0. The zero-order chi connectivity index (χ0) is 8.55. The lowest BCUT2D eigenvalue weighted by Crippen LogP contribution is -1.92. The van der Waals surface area contributed by atoms with E-state index in [4.69, 9.17) is 17.3 Å². The van der Waals surface area contributed by atoms with Gasteiger partial charge in [-0.25, -0.2) is 9.97 Å². The lowest BCUT2D eigenvalue weighted by atomic mass is 10.3. The Morgan fingerprint density at radius 3 is 3.00 bits per heavy atom. The summed E-state index contributed by atoms with van der Waals surface area (Å²) in [6.45, 7) is 0. The summed E-state index contributed by atoms with van der Waals surface area (Å²) in [4.78, 5) is 8.13. The van der Waals surface area contributed by atoms with Crippen molar-refractivity contribution in [2.45, 2.75) is 0 Å². The molecule has 0 fully saturated rings. The molecule has 1 aromatic heterocycles. The predicted molar refractivity (Wildman–Crippen MR) is 49.0 cm³/mol. The molecule has 0 bridgehead atoms. The normalized spacial score (nSPS) is 10.4. The molecule has 0 atom stereocenters. The summed E-state index contributed by atoms with van der Waals surface area (Å²) in [5.41, 5.74) is 6.87. The molecule has 2 N–H and O–H groups in total. The zero-order valence-corrected chi connectivity index (χ0v) is 6.92. The van der Waals surface area contributed by atoms with E-state index < -0.39 is 0 Å². The number of anilines is 1. The highest BCUT2D eigenvalue weighted by molar-refractivity contribution is 6.34. The number of halogens is 1. The van der Waals surface area contributed by atoms with Gasteiger partial charge < -0.3 is 5.73 Å². The molecule has 4 heteroatoms. The van der Waals surface area contributed by atoms with Crippen molar-refractivity contribution in [1.29, 1.82) is 0 Å². The number of benzene rings is 1. The van der Waals surface area contributed by atoms with Gasteiger partial charge in [-0.3, -0.25) is 0 Å². The molecule has 0 unspecified atom stereocenters. The molecule has 2 rings (SSSR count). The van der Waals surface area contributed by atoms with Gasteiger partial charge in [-0.05, 0) is 12.1 Å². The van der Waals surface area contributed by atoms with E-state index in [1.54, 1.807) is 6.07 Å². The van der Waals surface area contributed by atoms with Gasteiger partial charge in [0, 0.05) is 0 Å². The third-order valence-electron chi connectivity index (χ3n) is 1.54. The predicted octanol–water partition coefficient (Wildman–Crippen LogP) is 1.87. The van der Waals surface area contributed by atoms with E-state index in [1.807, 2.05) is 12.1 Å². The minimum atomic E-state index is 0.407. The maximum Gasteiger partial charge on any atom is 0.142 e. The Kier molecular flexibility index (Phi) is 1.59. The van der Waals surface area contributed by atoms with Crippen LogP contribution in [-0.2, 0) is 0 Å². The molecule has 0 aliphatic carbocycles. The summed E-state index contributed by atoms with van der Waals surface area (Å²) in [6, 6.07) is 5.41. The fourth-order valence-electron chi connectivity index (χ4n) is 1.02. The van der Waals surface area contributed by atoms with Crippen molar-refractivity contribution in [1.82, 2.24) is 9.97 Å². The minimum absolute atomic E-state index is 0.407. The van der Waals surface area contributed by atoms with Crippen LogP contribution in [0.15, 0.2) is 24.4 Å². The highest BCUT2D eigenvalue weighted by Crippen LogP contribution is 2.19. The standard InChI is InChI=1S/C8H6ClN3/c9-5-2-1-3-6-8(5)11-4-7(10)12-6/h1-4H,(H2,10,12). The average Bonchev–Trinajstić information content (AvgIpc) is 2.04. The smallest absolute Gasteiger partial charge is 0.142 e. The van der Waals surface area contributed by atoms with Crippen molar-refractivity contribution in [3.63, 3.8) is 0 Å². The SMILES string of the molecule is Nc1cnc2c(Cl)cccc2n1.